The fraction of sp³-hybridized carbons (Fsp3) is 0.529. The molecule has 1 saturated carbocycles. The number of nitrogens with zero attached hydrogens (tertiary/aromatic N) is 5. The lowest BCUT2D eigenvalue weighted by atomic mass is 9.99. The van der Waals surface area contributed by atoms with Gasteiger partial charge in [-0.25, -0.2) is 14.6 Å². The van der Waals surface area contributed by atoms with E-state index in [9.17, 15) is 18.0 Å². The van der Waals surface area contributed by atoms with Crippen LogP contribution in [-0.2, 0) is 31.6 Å². The van der Waals surface area contributed by atoms with Crippen molar-refractivity contribution in [2.45, 2.75) is 44.3 Å². The van der Waals surface area contributed by atoms with Crippen molar-refractivity contribution in [2.24, 2.45) is 7.05 Å². The van der Waals surface area contributed by atoms with Crippen LogP contribution < -0.4 is 10.5 Å². The van der Waals surface area contributed by atoms with Gasteiger partial charge in [-0.15, -0.1) is 0 Å². The van der Waals surface area contributed by atoms with Crippen LogP contribution in [0.1, 0.15) is 42.4 Å². The van der Waals surface area contributed by atoms with E-state index in [0.29, 0.717) is 18.2 Å². The first kappa shape index (κ1) is 18.2. The lowest BCUT2D eigenvalue weighted by Crippen LogP contribution is -2.40. The molecule has 10 heteroatoms. The molecule has 2 aliphatic rings. The summed E-state index contributed by atoms with van der Waals surface area (Å²) in [5.74, 6) is 1.08. The fourth-order valence-corrected chi connectivity index (χ4v) is 3.52. The highest BCUT2D eigenvalue weighted by atomic mass is 35.5. The van der Waals surface area contributed by atoms with Crippen LogP contribution in [-0.4, -0.2) is 26.3 Å². The molecule has 0 aromatic carbocycles. The van der Waals surface area contributed by atoms with E-state index in [4.69, 9.17) is 11.6 Å². The third-order valence-corrected chi connectivity index (χ3v) is 5.44. The van der Waals surface area contributed by atoms with Gasteiger partial charge < -0.3 is 4.90 Å². The molecule has 2 aromatic rings. The van der Waals surface area contributed by atoms with Gasteiger partial charge in [0.25, 0.3) is 5.56 Å². The van der Waals surface area contributed by atoms with Crippen molar-refractivity contribution in [3.63, 3.8) is 0 Å². The first-order chi connectivity index (χ1) is 12.6. The van der Waals surface area contributed by atoms with Crippen molar-refractivity contribution < 1.29 is 13.2 Å². The van der Waals surface area contributed by atoms with E-state index in [1.165, 1.54) is 7.05 Å². The Bertz CT molecular complexity index is 984. The topological polar surface area (TPSA) is 63.9 Å². The second kappa shape index (κ2) is 5.92. The quantitative estimate of drug-likeness (QED) is 0.727. The normalized spacial score (nSPS) is 18.4. The third kappa shape index (κ3) is 3.18. The van der Waals surface area contributed by atoms with Crippen LogP contribution >= 0.6 is 11.6 Å². The Balaban J connectivity index is 1.77. The Hall–Kier alpha value is -2.16. The summed E-state index contributed by atoms with van der Waals surface area (Å²) in [6.45, 7) is 2.30. The van der Waals surface area contributed by atoms with Gasteiger partial charge in [-0.05, 0) is 19.3 Å². The molecule has 1 aliphatic carbocycles. The maximum absolute atomic E-state index is 13.5. The molecular formula is C17H17ClF3N5O. The Labute approximate surface area is 158 Å². The highest BCUT2D eigenvalue weighted by Gasteiger charge is 2.43. The minimum Gasteiger partial charge on any atom is -0.352 e. The monoisotopic (exact) mass is 399 g/mol. The van der Waals surface area contributed by atoms with E-state index in [2.05, 4.69) is 15.1 Å². The first-order valence-electron chi connectivity index (χ1n) is 8.55. The van der Waals surface area contributed by atoms with Crippen molar-refractivity contribution >= 4 is 17.4 Å². The average Bonchev–Trinajstić information content (AvgIpc) is 3.35. The molecule has 1 aliphatic heterocycles. The molecule has 0 saturated heterocycles. The maximum Gasteiger partial charge on any atom is 0.435 e. The Morgan fingerprint density at radius 1 is 1.22 bits per heavy atom. The number of aromatic nitrogens is 4. The van der Waals surface area contributed by atoms with Gasteiger partial charge in [0, 0.05) is 42.7 Å². The Morgan fingerprint density at radius 3 is 2.56 bits per heavy atom. The van der Waals surface area contributed by atoms with E-state index in [1.807, 2.05) is 6.92 Å². The van der Waals surface area contributed by atoms with E-state index in [0.717, 1.165) is 17.5 Å². The van der Waals surface area contributed by atoms with Gasteiger partial charge in [0.2, 0.25) is 0 Å². The molecule has 6 nitrogen and oxygen atoms in total. The number of anilines is 1. The number of fused-ring (bicyclic) bond motifs is 1. The summed E-state index contributed by atoms with van der Waals surface area (Å²) in [5, 5.41) is 3.72. The number of aryl methyl sites for hydroxylation is 1. The van der Waals surface area contributed by atoms with E-state index in [-0.39, 0.29) is 34.7 Å². The standard InChI is InChI=1S/C17H17ClF3N5O/c1-16(4-5-16)15-22-11(18)7-12(23-15)26-6-3-9-10(8-26)13(17(19,20)21)24-25(2)14(9)27/h7H,3-6,8H2,1-2H3. The molecule has 2 aromatic heterocycles. The highest BCUT2D eigenvalue weighted by molar-refractivity contribution is 6.29. The van der Waals surface area contributed by atoms with Crippen molar-refractivity contribution in [1.82, 2.24) is 19.7 Å². The van der Waals surface area contributed by atoms with Crippen LogP contribution in [0.15, 0.2) is 10.9 Å². The summed E-state index contributed by atoms with van der Waals surface area (Å²) in [7, 11) is 1.23. The summed E-state index contributed by atoms with van der Waals surface area (Å²) in [6.07, 6.45) is -2.56. The van der Waals surface area contributed by atoms with Crippen LogP contribution in [0.3, 0.4) is 0 Å². The zero-order valence-electron chi connectivity index (χ0n) is 14.8. The van der Waals surface area contributed by atoms with Crippen molar-refractivity contribution in [2.75, 3.05) is 11.4 Å². The zero-order chi connectivity index (χ0) is 19.6. The lowest BCUT2D eigenvalue weighted by Gasteiger charge is -2.31. The molecule has 27 heavy (non-hydrogen) atoms. The summed E-state index contributed by atoms with van der Waals surface area (Å²) >= 11 is 6.13. The predicted octanol–water partition coefficient (Wildman–Crippen LogP) is 2.86. The summed E-state index contributed by atoms with van der Waals surface area (Å²) in [4.78, 5) is 22.8. The van der Waals surface area contributed by atoms with Crippen molar-refractivity contribution in [1.29, 1.82) is 0 Å². The van der Waals surface area contributed by atoms with Crippen LogP contribution in [0.5, 0.6) is 0 Å². The summed E-state index contributed by atoms with van der Waals surface area (Å²) in [5.41, 5.74) is -1.58. The minimum atomic E-state index is -4.64. The third-order valence-electron chi connectivity index (χ3n) is 5.25. The maximum atomic E-state index is 13.5. The van der Waals surface area contributed by atoms with E-state index < -0.39 is 17.4 Å². The molecule has 0 atom stereocenters. The van der Waals surface area contributed by atoms with Gasteiger partial charge in [-0.1, -0.05) is 18.5 Å². The number of rotatable bonds is 2. The van der Waals surface area contributed by atoms with Gasteiger partial charge >= 0.3 is 6.18 Å². The van der Waals surface area contributed by atoms with Crippen LogP contribution in [0.4, 0.5) is 19.0 Å². The zero-order valence-corrected chi connectivity index (χ0v) is 15.5. The van der Waals surface area contributed by atoms with Crippen molar-refractivity contribution in [3.05, 3.63) is 44.2 Å². The highest BCUT2D eigenvalue weighted by Crippen LogP contribution is 2.46. The minimum absolute atomic E-state index is 0.0919. The first-order valence-corrected chi connectivity index (χ1v) is 8.92. The van der Waals surface area contributed by atoms with Crippen molar-refractivity contribution in [3.8, 4) is 0 Å². The number of halogens is 4. The molecule has 0 spiro atoms. The summed E-state index contributed by atoms with van der Waals surface area (Å²) < 4.78 is 41.2. The molecule has 1 fully saturated rings. The lowest BCUT2D eigenvalue weighted by molar-refractivity contribution is -0.143. The summed E-state index contributed by atoms with van der Waals surface area (Å²) in [6, 6.07) is 1.55. The number of alkyl halides is 3. The molecule has 3 heterocycles. The van der Waals surface area contributed by atoms with Crippen LogP contribution in [0.2, 0.25) is 5.15 Å². The Morgan fingerprint density at radius 2 is 1.93 bits per heavy atom. The molecule has 0 bridgehead atoms. The fourth-order valence-electron chi connectivity index (χ4n) is 3.34. The van der Waals surface area contributed by atoms with Crippen LogP contribution in [0, 0.1) is 0 Å². The molecule has 4 rings (SSSR count). The second-order valence-corrected chi connectivity index (χ2v) is 7.72. The predicted molar refractivity (Wildman–Crippen MR) is 92.9 cm³/mol. The van der Waals surface area contributed by atoms with Gasteiger partial charge in [0.15, 0.2) is 5.69 Å². The number of hydrogen-bond acceptors (Lipinski definition) is 5. The Kier molecular flexibility index (Phi) is 3.99. The van der Waals surface area contributed by atoms with Gasteiger partial charge in [0.1, 0.15) is 16.8 Å². The number of hydrogen-bond donors (Lipinski definition) is 0. The molecule has 0 amide bonds. The largest absolute Gasteiger partial charge is 0.435 e. The van der Waals surface area contributed by atoms with Crippen LogP contribution in [0.25, 0.3) is 0 Å². The molecule has 0 radical (unpaired) electrons. The SMILES string of the molecule is Cn1nc(C(F)(F)F)c2c(c1=O)CCN(c1cc(Cl)nc(C3(C)CC3)n1)C2. The molecule has 0 unspecified atom stereocenters. The van der Waals surface area contributed by atoms with E-state index >= 15 is 0 Å². The second-order valence-electron chi connectivity index (χ2n) is 7.34. The van der Waals surface area contributed by atoms with E-state index in [1.54, 1.807) is 11.0 Å². The van der Waals surface area contributed by atoms with Gasteiger partial charge in [0.05, 0.1) is 0 Å². The van der Waals surface area contributed by atoms with Gasteiger partial charge in [-0.2, -0.15) is 18.3 Å². The van der Waals surface area contributed by atoms with Gasteiger partial charge in [-0.3, -0.25) is 4.79 Å². The smallest absolute Gasteiger partial charge is 0.352 e. The molecule has 0 N–H and O–H groups in total. The average molecular weight is 400 g/mol. The molecular weight excluding hydrogens is 383 g/mol. The molecule has 144 valence electrons.